The van der Waals surface area contributed by atoms with Crippen molar-refractivity contribution in [1.29, 1.82) is 0 Å². The van der Waals surface area contributed by atoms with E-state index in [-0.39, 0.29) is 0 Å². The van der Waals surface area contributed by atoms with Crippen LogP contribution in [0.2, 0.25) is 0 Å². The second-order valence-electron chi connectivity index (χ2n) is 5.17. The molecule has 1 atom stereocenters. The summed E-state index contributed by atoms with van der Waals surface area (Å²) >= 11 is 0. The van der Waals surface area contributed by atoms with Crippen molar-refractivity contribution in [2.45, 2.75) is 58.6 Å². The predicted molar refractivity (Wildman–Crippen MR) is 69.5 cm³/mol. The second-order valence-corrected chi connectivity index (χ2v) is 5.17. The average molecular weight is 275 g/mol. The van der Waals surface area contributed by atoms with E-state index in [1.54, 1.807) is 20.8 Å². The van der Waals surface area contributed by atoms with Crippen LogP contribution in [0.5, 0.6) is 0 Å². The van der Waals surface area contributed by atoms with E-state index in [1.807, 2.05) is 6.92 Å². The second kappa shape index (κ2) is 7.76. The van der Waals surface area contributed by atoms with Gasteiger partial charge in [-0.05, 0) is 33.3 Å². The number of hydrogen-bond donors (Lipinski definition) is 2. The molecule has 0 radical (unpaired) electrons. The number of carbonyl (C=O) groups excluding carboxylic acids is 1. The Kier molecular flexibility index (Phi) is 7.11. The Hall–Kier alpha value is -1.59. The van der Waals surface area contributed by atoms with Gasteiger partial charge in [-0.3, -0.25) is 4.79 Å². The van der Waals surface area contributed by atoms with Gasteiger partial charge in [-0.1, -0.05) is 13.3 Å². The molecule has 1 amide bonds. The van der Waals surface area contributed by atoms with E-state index in [1.165, 1.54) is 0 Å². The van der Waals surface area contributed by atoms with Crippen LogP contribution in [-0.4, -0.2) is 28.8 Å². The molecule has 0 aromatic rings. The highest BCUT2D eigenvalue weighted by atomic mass is 19.1. The lowest BCUT2D eigenvalue weighted by atomic mass is 10.1. The molecule has 0 rings (SSSR count). The van der Waals surface area contributed by atoms with Gasteiger partial charge in [0.2, 0.25) is 0 Å². The molecule has 0 aromatic heterocycles. The fraction of sp³-hybridized carbons (Fsp3) is 0.692. The Labute approximate surface area is 112 Å². The minimum absolute atomic E-state index is 0.376. The first-order valence-electron chi connectivity index (χ1n) is 6.22. The summed E-state index contributed by atoms with van der Waals surface area (Å²) in [6.07, 6.45) is 0.850. The van der Waals surface area contributed by atoms with Gasteiger partial charge in [-0.2, -0.15) is 0 Å². The van der Waals surface area contributed by atoms with E-state index >= 15 is 0 Å². The number of ether oxygens (including phenoxy) is 1. The Morgan fingerprint density at radius 3 is 2.42 bits per heavy atom. The zero-order valence-electron chi connectivity index (χ0n) is 11.8. The molecule has 0 heterocycles. The maximum atomic E-state index is 13.7. The van der Waals surface area contributed by atoms with Gasteiger partial charge >= 0.3 is 12.1 Å². The number of carboxylic acids is 1. The molecule has 0 saturated carbocycles. The Balaban J connectivity index is 4.60. The van der Waals surface area contributed by atoms with Gasteiger partial charge in [0.1, 0.15) is 11.4 Å². The van der Waals surface area contributed by atoms with Gasteiger partial charge in [0.05, 0.1) is 12.5 Å². The van der Waals surface area contributed by atoms with Crippen LogP contribution in [0.4, 0.5) is 9.18 Å². The number of halogens is 1. The molecule has 0 aromatic carbocycles. The molecule has 19 heavy (non-hydrogen) atoms. The molecule has 0 aliphatic carbocycles. The third kappa shape index (κ3) is 9.04. The van der Waals surface area contributed by atoms with Crippen LogP contribution in [0.15, 0.2) is 11.9 Å². The zero-order valence-corrected chi connectivity index (χ0v) is 11.8. The Morgan fingerprint density at radius 2 is 2.00 bits per heavy atom. The van der Waals surface area contributed by atoms with Crippen molar-refractivity contribution in [2.24, 2.45) is 0 Å². The minimum Gasteiger partial charge on any atom is -0.481 e. The first-order chi connectivity index (χ1) is 8.65. The van der Waals surface area contributed by atoms with Crippen LogP contribution in [-0.2, 0) is 9.53 Å². The van der Waals surface area contributed by atoms with Crippen molar-refractivity contribution in [3.8, 4) is 0 Å². The van der Waals surface area contributed by atoms with E-state index < -0.39 is 36.0 Å². The van der Waals surface area contributed by atoms with Crippen molar-refractivity contribution >= 4 is 12.1 Å². The van der Waals surface area contributed by atoms with Crippen molar-refractivity contribution in [3.63, 3.8) is 0 Å². The molecule has 0 saturated heterocycles. The van der Waals surface area contributed by atoms with Crippen LogP contribution < -0.4 is 5.32 Å². The highest BCUT2D eigenvalue weighted by molar-refractivity contribution is 5.69. The smallest absolute Gasteiger partial charge is 0.408 e. The molecule has 0 spiro atoms. The van der Waals surface area contributed by atoms with Crippen molar-refractivity contribution in [2.75, 3.05) is 0 Å². The van der Waals surface area contributed by atoms with Crippen molar-refractivity contribution in [3.05, 3.63) is 11.9 Å². The number of rotatable bonds is 6. The number of nitrogens with one attached hydrogen (secondary N) is 1. The highest BCUT2D eigenvalue weighted by Crippen LogP contribution is 2.13. The standard InChI is InChI=1S/C13H22FNO4/c1-5-6-10(9(14)7-8-11(16)17)15-12(18)19-13(2,3)4/h7,10H,5-6,8H2,1-4H3,(H,15,18)(H,16,17)/b9-7-. The zero-order chi connectivity index (χ0) is 15.1. The van der Waals surface area contributed by atoms with Crippen molar-refractivity contribution < 1.29 is 23.8 Å². The van der Waals surface area contributed by atoms with Gasteiger partial charge in [0.25, 0.3) is 0 Å². The molecule has 0 fully saturated rings. The molecule has 2 N–H and O–H groups in total. The lowest BCUT2D eigenvalue weighted by Crippen LogP contribution is -2.39. The quantitative estimate of drug-likeness (QED) is 0.781. The van der Waals surface area contributed by atoms with E-state index in [9.17, 15) is 14.0 Å². The summed E-state index contributed by atoms with van der Waals surface area (Å²) in [5, 5.41) is 10.9. The summed E-state index contributed by atoms with van der Waals surface area (Å²) in [7, 11) is 0. The third-order valence-electron chi connectivity index (χ3n) is 2.07. The molecule has 1 unspecified atom stereocenters. The van der Waals surface area contributed by atoms with Crippen LogP contribution in [0, 0.1) is 0 Å². The maximum absolute atomic E-state index is 13.7. The fourth-order valence-electron chi connectivity index (χ4n) is 1.34. The molecular weight excluding hydrogens is 253 g/mol. The number of carboxylic acid groups (broad SMARTS) is 1. The first kappa shape index (κ1) is 17.4. The van der Waals surface area contributed by atoms with Gasteiger partial charge < -0.3 is 15.2 Å². The van der Waals surface area contributed by atoms with Crippen LogP contribution in [0.3, 0.4) is 0 Å². The van der Waals surface area contributed by atoms with E-state index in [0.29, 0.717) is 12.8 Å². The summed E-state index contributed by atoms with van der Waals surface area (Å²) in [6, 6.07) is -0.848. The van der Waals surface area contributed by atoms with E-state index in [2.05, 4.69) is 5.32 Å². The largest absolute Gasteiger partial charge is 0.481 e. The SMILES string of the molecule is CCCC(NC(=O)OC(C)(C)C)/C(F)=C/CC(=O)O. The predicted octanol–water partition coefficient (Wildman–Crippen LogP) is 3.01. The lowest BCUT2D eigenvalue weighted by molar-refractivity contribution is -0.136. The number of aliphatic carboxylic acids is 1. The van der Waals surface area contributed by atoms with Gasteiger partial charge in [-0.25, -0.2) is 9.18 Å². The molecule has 5 nitrogen and oxygen atoms in total. The number of carbonyl (C=O) groups is 2. The Morgan fingerprint density at radius 1 is 1.42 bits per heavy atom. The topological polar surface area (TPSA) is 75.6 Å². The third-order valence-corrected chi connectivity index (χ3v) is 2.07. The number of amides is 1. The molecule has 0 bridgehead atoms. The van der Waals surface area contributed by atoms with Crippen molar-refractivity contribution in [1.82, 2.24) is 5.32 Å². The molecule has 6 heteroatoms. The van der Waals surface area contributed by atoms with Crippen LogP contribution >= 0.6 is 0 Å². The monoisotopic (exact) mass is 275 g/mol. The maximum Gasteiger partial charge on any atom is 0.408 e. The molecular formula is C13H22FNO4. The summed E-state index contributed by atoms with van der Waals surface area (Å²) < 4.78 is 18.8. The number of alkyl carbamates (subject to hydrolysis) is 1. The number of hydrogen-bond acceptors (Lipinski definition) is 3. The highest BCUT2D eigenvalue weighted by Gasteiger charge is 2.21. The van der Waals surface area contributed by atoms with E-state index in [0.717, 1.165) is 6.08 Å². The summed E-state index contributed by atoms with van der Waals surface area (Å²) in [4.78, 5) is 21.9. The molecule has 0 aliphatic heterocycles. The fourth-order valence-corrected chi connectivity index (χ4v) is 1.34. The minimum atomic E-state index is -1.12. The summed E-state index contributed by atoms with van der Waals surface area (Å²) in [5.74, 6) is -1.78. The Bertz CT molecular complexity index is 347. The van der Waals surface area contributed by atoms with Gasteiger partial charge in [0.15, 0.2) is 0 Å². The summed E-state index contributed by atoms with van der Waals surface area (Å²) in [5.41, 5.74) is -0.665. The first-order valence-corrected chi connectivity index (χ1v) is 6.22. The molecule has 0 aliphatic rings. The summed E-state index contributed by atoms with van der Waals surface area (Å²) in [6.45, 7) is 6.96. The normalized spacial score (nSPS) is 13.8. The van der Waals surface area contributed by atoms with Gasteiger partial charge in [-0.15, -0.1) is 0 Å². The van der Waals surface area contributed by atoms with Crippen LogP contribution in [0.1, 0.15) is 47.0 Å². The molecule has 110 valence electrons. The van der Waals surface area contributed by atoms with E-state index in [4.69, 9.17) is 9.84 Å². The average Bonchev–Trinajstić information content (AvgIpc) is 2.22. The van der Waals surface area contributed by atoms with Crippen LogP contribution in [0.25, 0.3) is 0 Å². The van der Waals surface area contributed by atoms with Gasteiger partial charge in [0, 0.05) is 0 Å². The lowest BCUT2D eigenvalue weighted by Gasteiger charge is -2.22.